The Morgan fingerprint density at radius 2 is 1.09 bits per heavy atom. The first-order chi connectivity index (χ1) is 15.8. The lowest BCUT2D eigenvalue weighted by Crippen LogP contribution is -2.25. The van der Waals surface area contributed by atoms with Crippen LogP contribution in [0.1, 0.15) is 30.0 Å². The van der Waals surface area contributed by atoms with Crippen LogP contribution in [0.5, 0.6) is 11.5 Å². The molecule has 0 atom stereocenters. The van der Waals surface area contributed by atoms with Gasteiger partial charge in [-0.2, -0.15) is 17.6 Å². The SMILES string of the molecule is CCCc1ccc(C(F)(F)Oc2ccc(C(F)(F)Oc3cc(F)c(F)c(F)c3)c(F)c2)c(F)c1. The van der Waals surface area contributed by atoms with Crippen molar-refractivity contribution >= 4 is 0 Å². The minimum atomic E-state index is -4.54. The molecule has 0 saturated heterocycles. The molecule has 3 rings (SSSR count). The zero-order valence-corrected chi connectivity index (χ0v) is 17.3. The molecule has 11 heteroatoms. The molecular weight excluding hydrogens is 479 g/mol. The lowest BCUT2D eigenvalue weighted by atomic mass is 10.1. The molecule has 0 bridgehead atoms. The number of hydrogen-bond donors (Lipinski definition) is 0. The van der Waals surface area contributed by atoms with E-state index in [9.17, 15) is 39.5 Å². The van der Waals surface area contributed by atoms with E-state index in [1.165, 1.54) is 6.07 Å². The summed E-state index contributed by atoms with van der Waals surface area (Å²) in [6.07, 6.45) is -7.71. The quantitative estimate of drug-likeness (QED) is 0.237. The van der Waals surface area contributed by atoms with Crippen LogP contribution < -0.4 is 9.47 Å². The van der Waals surface area contributed by atoms with Gasteiger partial charge in [-0.15, -0.1) is 0 Å². The van der Waals surface area contributed by atoms with Gasteiger partial charge in [0.2, 0.25) is 0 Å². The molecule has 0 heterocycles. The fourth-order valence-corrected chi connectivity index (χ4v) is 3.03. The number of rotatable bonds is 8. The zero-order chi connectivity index (χ0) is 25.3. The van der Waals surface area contributed by atoms with Gasteiger partial charge in [-0.3, -0.25) is 0 Å². The molecule has 0 aliphatic carbocycles. The molecule has 0 unspecified atom stereocenters. The van der Waals surface area contributed by atoms with Gasteiger partial charge in [-0.05, 0) is 36.2 Å². The molecule has 182 valence electrons. The number of hydrogen-bond acceptors (Lipinski definition) is 2. The summed E-state index contributed by atoms with van der Waals surface area (Å²) in [6.45, 7) is 1.81. The zero-order valence-electron chi connectivity index (χ0n) is 17.3. The van der Waals surface area contributed by atoms with Crippen LogP contribution in [0.2, 0.25) is 0 Å². The van der Waals surface area contributed by atoms with E-state index in [-0.39, 0.29) is 18.2 Å². The van der Waals surface area contributed by atoms with E-state index in [4.69, 9.17) is 0 Å². The van der Waals surface area contributed by atoms with Crippen LogP contribution in [-0.4, -0.2) is 0 Å². The van der Waals surface area contributed by atoms with Gasteiger partial charge in [0.1, 0.15) is 28.7 Å². The topological polar surface area (TPSA) is 18.5 Å². The summed E-state index contributed by atoms with van der Waals surface area (Å²) in [5.41, 5.74) is -2.17. The molecule has 0 aliphatic rings. The van der Waals surface area contributed by atoms with E-state index >= 15 is 0 Å². The smallest absolute Gasteiger partial charge is 0.429 e. The average molecular weight is 494 g/mol. The fourth-order valence-electron chi connectivity index (χ4n) is 3.03. The van der Waals surface area contributed by atoms with Crippen LogP contribution in [0.3, 0.4) is 0 Å². The Labute approximate surface area is 187 Å². The van der Waals surface area contributed by atoms with E-state index in [1.54, 1.807) is 0 Å². The molecule has 0 aliphatic heterocycles. The Hall–Kier alpha value is -3.37. The van der Waals surface area contributed by atoms with Gasteiger partial charge in [-0.1, -0.05) is 19.4 Å². The van der Waals surface area contributed by atoms with Gasteiger partial charge in [0.25, 0.3) is 0 Å². The van der Waals surface area contributed by atoms with E-state index in [2.05, 4.69) is 9.47 Å². The Morgan fingerprint density at radius 3 is 1.59 bits per heavy atom. The van der Waals surface area contributed by atoms with Crippen LogP contribution in [-0.2, 0) is 18.6 Å². The van der Waals surface area contributed by atoms with Gasteiger partial charge in [0.05, 0.1) is 5.56 Å². The summed E-state index contributed by atoms with van der Waals surface area (Å²) < 4.78 is 134. The lowest BCUT2D eigenvalue weighted by molar-refractivity contribution is -0.189. The predicted octanol–water partition coefficient (Wildman–Crippen LogP) is 7.59. The van der Waals surface area contributed by atoms with E-state index < -0.39 is 63.9 Å². The second kappa shape index (κ2) is 9.47. The van der Waals surface area contributed by atoms with Crippen molar-refractivity contribution in [2.45, 2.75) is 32.0 Å². The minimum Gasteiger partial charge on any atom is -0.429 e. The number of halogens is 9. The maximum atomic E-state index is 14.4. The van der Waals surface area contributed by atoms with Crippen molar-refractivity contribution in [1.29, 1.82) is 0 Å². The first-order valence-electron chi connectivity index (χ1n) is 9.71. The number of aryl methyl sites for hydroxylation is 1. The third-order valence-corrected chi connectivity index (χ3v) is 4.59. The Kier molecular flexibility index (Phi) is 7.04. The molecule has 0 radical (unpaired) electrons. The lowest BCUT2D eigenvalue weighted by Gasteiger charge is -2.21. The molecule has 34 heavy (non-hydrogen) atoms. The minimum absolute atomic E-state index is 0.114. The molecule has 0 fully saturated rings. The average Bonchev–Trinajstić information content (AvgIpc) is 2.71. The molecule has 3 aromatic rings. The molecule has 2 nitrogen and oxygen atoms in total. The Balaban J connectivity index is 1.83. The van der Waals surface area contributed by atoms with Crippen molar-refractivity contribution in [3.8, 4) is 11.5 Å². The maximum absolute atomic E-state index is 14.4. The second-order valence-electron chi connectivity index (χ2n) is 7.14. The normalized spacial score (nSPS) is 12.1. The van der Waals surface area contributed by atoms with Gasteiger partial charge >= 0.3 is 12.2 Å². The monoisotopic (exact) mass is 494 g/mol. The molecule has 0 spiro atoms. The molecule has 0 aromatic heterocycles. The van der Waals surface area contributed by atoms with Crippen LogP contribution in [0.4, 0.5) is 39.5 Å². The van der Waals surface area contributed by atoms with Crippen LogP contribution in [0, 0.1) is 29.1 Å². The highest BCUT2D eigenvalue weighted by Gasteiger charge is 2.40. The van der Waals surface area contributed by atoms with Crippen LogP contribution >= 0.6 is 0 Å². The predicted molar refractivity (Wildman–Crippen MR) is 102 cm³/mol. The molecule has 0 saturated carbocycles. The largest absolute Gasteiger partial charge is 0.429 e. The van der Waals surface area contributed by atoms with Gasteiger partial charge < -0.3 is 9.47 Å². The summed E-state index contributed by atoms with van der Waals surface area (Å²) in [4.78, 5) is 0. The summed E-state index contributed by atoms with van der Waals surface area (Å²) in [7, 11) is 0. The van der Waals surface area contributed by atoms with Crippen LogP contribution in [0.15, 0.2) is 48.5 Å². The van der Waals surface area contributed by atoms with Gasteiger partial charge in [-0.25, -0.2) is 22.0 Å². The number of benzene rings is 3. The number of alkyl halides is 4. The second-order valence-corrected chi connectivity index (χ2v) is 7.14. The molecule has 0 amide bonds. The highest BCUT2D eigenvalue weighted by Crippen LogP contribution is 2.38. The standard InChI is InChI=1S/C23H15F9O2/c1-2-3-12-4-6-15(17(24)8-12)22(29,30)33-13-5-7-16(18(25)9-13)23(31,32)34-14-10-19(26)21(28)20(27)11-14/h4-11H,2-3H2,1H3. The molecular formula is C23H15F9O2. The summed E-state index contributed by atoms with van der Waals surface area (Å²) in [6, 6.07) is 4.24. The third kappa shape index (κ3) is 5.40. The van der Waals surface area contributed by atoms with Crippen molar-refractivity contribution in [3.05, 3.63) is 94.3 Å². The number of ether oxygens (including phenoxy) is 2. The summed E-state index contributed by atoms with van der Waals surface area (Å²) in [5, 5.41) is 0. The van der Waals surface area contributed by atoms with E-state index in [0.717, 1.165) is 12.1 Å². The molecule has 3 aromatic carbocycles. The third-order valence-electron chi connectivity index (χ3n) is 4.59. The first kappa shape index (κ1) is 25.3. The van der Waals surface area contributed by atoms with Gasteiger partial charge in [0, 0.05) is 18.2 Å². The van der Waals surface area contributed by atoms with Crippen LogP contribution in [0.25, 0.3) is 0 Å². The fraction of sp³-hybridized carbons (Fsp3) is 0.217. The van der Waals surface area contributed by atoms with Crippen molar-refractivity contribution in [3.63, 3.8) is 0 Å². The maximum Gasteiger partial charge on any atom is 0.429 e. The Bertz CT molecular complexity index is 1170. The highest BCUT2D eigenvalue weighted by molar-refractivity contribution is 5.34. The van der Waals surface area contributed by atoms with Crippen molar-refractivity contribution in [1.82, 2.24) is 0 Å². The van der Waals surface area contributed by atoms with E-state index in [0.29, 0.717) is 30.5 Å². The first-order valence-corrected chi connectivity index (χ1v) is 9.71. The van der Waals surface area contributed by atoms with Crippen molar-refractivity contribution in [2.75, 3.05) is 0 Å². The van der Waals surface area contributed by atoms with Crippen molar-refractivity contribution in [2.24, 2.45) is 0 Å². The molecule has 0 N–H and O–H groups in total. The van der Waals surface area contributed by atoms with Crippen molar-refractivity contribution < 1.29 is 49.0 Å². The summed E-state index contributed by atoms with van der Waals surface area (Å²) in [5.74, 6) is -10.7. The van der Waals surface area contributed by atoms with E-state index in [1.807, 2.05) is 6.92 Å². The Morgan fingerprint density at radius 1 is 0.618 bits per heavy atom. The summed E-state index contributed by atoms with van der Waals surface area (Å²) >= 11 is 0. The highest BCUT2D eigenvalue weighted by atomic mass is 19.3. The van der Waals surface area contributed by atoms with Gasteiger partial charge in [0.15, 0.2) is 17.5 Å².